The first kappa shape index (κ1) is 32.4. The Hall–Kier alpha value is -1.58. The number of esters is 2. The molecular formula is C30H54O4. The normalized spacial score (nSPS) is 11.5. The van der Waals surface area contributed by atoms with Crippen molar-refractivity contribution in [1.82, 2.24) is 0 Å². The molecule has 4 nitrogen and oxygen atoms in total. The average Bonchev–Trinajstić information content (AvgIpc) is 2.83. The topological polar surface area (TPSA) is 52.6 Å². The number of rotatable bonds is 25. The largest absolute Gasteiger partial charge is 0.462 e. The predicted octanol–water partition coefficient (Wildman–Crippen LogP) is 9.03. The van der Waals surface area contributed by atoms with Crippen molar-refractivity contribution in [3.05, 3.63) is 24.3 Å². The van der Waals surface area contributed by atoms with Gasteiger partial charge in [0.1, 0.15) is 13.2 Å². The first-order chi connectivity index (χ1) is 16.7. The van der Waals surface area contributed by atoms with Gasteiger partial charge in [-0.1, -0.05) is 115 Å². The first-order valence-electron chi connectivity index (χ1n) is 14.3. The molecular weight excluding hydrogens is 424 g/mol. The summed E-state index contributed by atoms with van der Waals surface area (Å²) in [4.78, 5) is 23.5. The van der Waals surface area contributed by atoms with Gasteiger partial charge in [0.15, 0.2) is 0 Å². The minimum atomic E-state index is -0.186. The molecule has 34 heavy (non-hydrogen) atoms. The van der Waals surface area contributed by atoms with Crippen LogP contribution in [-0.2, 0) is 19.1 Å². The molecule has 0 unspecified atom stereocenters. The van der Waals surface area contributed by atoms with Gasteiger partial charge < -0.3 is 9.47 Å². The number of carbonyl (C=O) groups is 2. The maximum atomic E-state index is 11.8. The van der Waals surface area contributed by atoms with Crippen LogP contribution in [0, 0.1) is 0 Å². The van der Waals surface area contributed by atoms with Crippen molar-refractivity contribution in [2.45, 2.75) is 142 Å². The summed E-state index contributed by atoms with van der Waals surface area (Å²) in [5.41, 5.74) is 0. The summed E-state index contributed by atoms with van der Waals surface area (Å²) in [6.07, 6.45) is 31.1. The van der Waals surface area contributed by atoms with Crippen molar-refractivity contribution in [3.8, 4) is 0 Å². The van der Waals surface area contributed by atoms with Crippen molar-refractivity contribution in [2.24, 2.45) is 0 Å². The lowest BCUT2D eigenvalue weighted by Gasteiger charge is -2.07. The Morgan fingerprint density at radius 3 is 1.44 bits per heavy atom. The number of ether oxygens (including phenoxy) is 2. The molecule has 0 bridgehead atoms. The van der Waals surface area contributed by atoms with E-state index in [4.69, 9.17) is 9.47 Å². The Morgan fingerprint density at radius 2 is 0.941 bits per heavy atom. The van der Waals surface area contributed by atoms with Gasteiger partial charge in [-0.05, 0) is 38.5 Å². The predicted molar refractivity (Wildman–Crippen MR) is 144 cm³/mol. The number of unbranched alkanes of at least 4 members (excludes halogenated alkanes) is 14. The highest BCUT2D eigenvalue weighted by Gasteiger charge is 2.05. The maximum absolute atomic E-state index is 11.8. The zero-order chi connectivity index (χ0) is 25.0. The Labute approximate surface area is 210 Å². The number of carbonyl (C=O) groups excluding carboxylic acids is 2. The molecule has 0 atom stereocenters. The summed E-state index contributed by atoms with van der Waals surface area (Å²) in [6, 6.07) is 0. The lowest BCUT2D eigenvalue weighted by Crippen LogP contribution is -2.13. The van der Waals surface area contributed by atoms with Gasteiger partial charge in [-0.15, -0.1) is 0 Å². The monoisotopic (exact) mass is 478 g/mol. The highest BCUT2D eigenvalue weighted by molar-refractivity contribution is 5.70. The van der Waals surface area contributed by atoms with Crippen LogP contribution in [0.5, 0.6) is 0 Å². The van der Waals surface area contributed by atoms with Gasteiger partial charge in [0.05, 0.1) is 0 Å². The molecule has 0 rings (SSSR count). The van der Waals surface area contributed by atoms with E-state index < -0.39 is 0 Å². The molecule has 0 fully saturated rings. The van der Waals surface area contributed by atoms with Gasteiger partial charge in [0, 0.05) is 12.8 Å². The van der Waals surface area contributed by atoms with E-state index in [-0.39, 0.29) is 25.2 Å². The highest BCUT2D eigenvalue weighted by atomic mass is 16.6. The molecule has 0 saturated heterocycles. The summed E-state index contributed by atoms with van der Waals surface area (Å²) in [5.74, 6) is -0.365. The Morgan fingerprint density at radius 1 is 0.500 bits per heavy atom. The first-order valence-corrected chi connectivity index (χ1v) is 14.3. The van der Waals surface area contributed by atoms with E-state index in [0.717, 1.165) is 44.9 Å². The summed E-state index contributed by atoms with van der Waals surface area (Å²) in [6.45, 7) is 4.77. The number of allylic oxidation sites excluding steroid dienone is 4. The third-order valence-corrected chi connectivity index (χ3v) is 5.91. The standard InChI is InChI=1S/C30H54O4/c1-3-5-7-9-11-13-14-15-16-18-20-22-24-26-30(32)34-28-27-33-29(31)25-23-21-19-17-12-10-8-6-4-2/h7,9,13-14H,3-6,8,10-12,15-28H2,1-2H3/b9-7+,14-13+. The fourth-order valence-electron chi connectivity index (χ4n) is 3.77. The summed E-state index contributed by atoms with van der Waals surface area (Å²) in [7, 11) is 0. The van der Waals surface area contributed by atoms with Gasteiger partial charge in [-0.3, -0.25) is 9.59 Å². The van der Waals surface area contributed by atoms with Crippen LogP contribution in [0.3, 0.4) is 0 Å². The lowest BCUT2D eigenvalue weighted by atomic mass is 10.1. The van der Waals surface area contributed by atoms with Crippen molar-refractivity contribution < 1.29 is 19.1 Å². The van der Waals surface area contributed by atoms with Crippen LogP contribution < -0.4 is 0 Å². The second kappa shape index (κ2) is 27.7. The van der Waals surface area contributed by atoms with E-state index in [9.17, 15) is 9.59 Å². The van der Waals surface area contributed by atoms with E-state index in [2.05, 4.69) is 38.2 Å². The number of hydrogen-bond donors (Lipinski definition) is 0. The zero-order valence-corrected chi connectivity index (χ0v) is 22.5. The second-order valence-corrected chi connectivity index (χ2v) is 9.29. The van der Waals surface area contributed by atoms with E-state index >= 15 is 0 Å². The number of hydrogen-bond acceptors (Lipinski definition) is 4. The van der Waals surface area contributed by atoms with E-state index in [1.807, 2.05) is 0 Å². The average molecular weight is 479 g/mol. The SMILES string of the molecule is CCC/C=C/C/C=C/CCCCCCCC(=O)OCCOC(=O)CCCCCCCCCCC. The van der Waals surface area contributed by atoms with E-state index in [1.54, 1.807) is 0 Å². The van der Waals surface area contributed by atoms with Gasteiger partial charge in [-0.25, -0.2) is 0 Å². The summed E-state index contributed by atoms with van der Waals surface area (Å²) < 4.78 is 10.3. The van der Waals surface area contributed by atoms with Crippen LogP contribution in [0.4, 0.5) is 0 Å². The van der Waals surface area contributed by atoms with Crippen molar-refractivity contribution in [1.29, 1.82) is 0 Å². The smallest absolute Gasteiger partial charge is 0.305 e. The maximum Gasteiger partial charge on any atom is 0.305 e. The molecule has 0 N–H and O–H groups in total. The van der Waals surface area contributed by atoms with Gasteiger partial charge >= 0.3 is 11.9 Å². The Bertz CT molecular complexity index is 510. The van der Waals surface area contributed by atoms with Crippen LogP contribution in [0.25, 0.3) is 0 Å². The highest BCUT2D eigenvalue weighted by Crippen LogP contribution is 2.11. The van der Waals surface area contributed by atoms with Gasteiger partial charge in [-0.2, -0.15) is 0 Å². The molecule has 0 saturated carbocycles. The molecule has 0 aliphatic rings. The molecule has 0 aliphatic carbocycles. The molecule has 0 aromatic carbocycles. The molecule has 0 aromatic heterocycles. The summed E-state index contributed by atoms with van der Waals surface area (Å²) >= 11 is 0. The van der Waals surface area contributed by atoms with E-state index in [0.29, 0.717) is 12.8 Å². The fraction of sp³-hybridized carbons (Fsp3) is 0.800. The third-order valence-electron chi connectivity index (χ3n) is 5.91. The van der Waals surface area contributed by atoms with Gasteiger partial charge in [0.25, 0.3) is 0 Å². The van der Waals surface area contributed by atoms with Crippen molar-refractivity contribution in [2.75, 3.05) is 13.2 Å². The molecule has 0 radical (unpaired) electrons. The Kier molecular flexibility index (Phi) is 26.4. The molecule has 0 heterocycles. The third kappa shape index (κ3) is 26.7. The fourth-order valence-corrected chi connectivity index (χ4v) is 3.77. The lowest BCUT2D eigenvalue weighted by molar-refractivity contribution is -0.152. The molecule has 198 valence electrons. The van der Waals surface area contributed by atoms with Crippen LogP contribution in [0.15, 0.2) is 24.3 Å². The quantitative estimate of drug-likeness (QED) is 0.0746. The minimum Gasteiger partial charge on any atom is -0.462 e. The van der Waals surface area contributed by atoms with Gasteiger partial charge in [0.2, 0.25) is 0 Å². The molecule has 0 amide bonds. The van der Waals surface area contributed by atoms with E-state index in [1.165, 1.54) is 70.6 Å². The van der Waals surface area contributed by atoms with Crippen LogP contribution in [0.1, 0.15) is 142 Å². The molecule has 0 aliphatic heterocycles. The molecule has 4 heteroatoms. The molecule has 0 spiro atoms. The molecule has 0 aromatic rings. The summed E-state index contributed by atoms with van der Waals surface area (Å²) in [5, 5.41) is 0. The van der Waals surface area contributed by atoms with Crippen LogP contribution >= 0.6 is 0 Å². The Balaban J connectivity index is 3.35. The minimum absolute atomic E-state index is 0.169. The van der Waals surface area contributed by atoms with Crippen molar-refractivity contribution >= 4 is 11.9 Å². The van der Waals surface area contributed by atoms with Crippen molar-refractivity contribution in [3.63, 3.8) is 0 Å². The zero-order valence-electron chi connectivity index (χ0n) is 22.5. The van der Waals surface area contributed by atoms with Crippen LogP contribution in [-0.4, -0.2) is 25.2 Å². The van der Waals surface area contributed by atoms with Crippen LogP contribution in [0.2, 0.25) is 0 Å². The second-order valence-electron chi connectivity index (χ2n) is 9.29.